The van der Waals surface area contributed by atoms with Gasteiger partial charge in [-0.3, -0.25) is 4.79 Å². The molecule has 2 nitrogen and oxygen atoms in total. The smallest absolute Gasteiger partial charge is 0.133 e. The molecule has 0 aromatic rings. The highest BCUT2D eigenvalue weighted by Crippen LogP contribution is 2.65. The van der Waals surface area contributed by atoms with Crippen LogP contribution in [0.25, 0.3) is 0 Å². The maximum absolute atomic E-state index is 11.9. The molecule has 21 heavy (non-hydrogen) atoms. The van der Waals surface area contributed by atoms with Gasteiger partial charge >= 0.3 is 0 Å². The van der Waals surface area contributed by atoms with E-state index in [-0.39, 0.29) is 0 Å². The van der Waals surface area contributed by atoms with E-state index in [2.05, 4.69) is 13.8 Å². The molecule has 0 saturated heterocycles. The lowest BCUT2D eigenvalue weighted by molar-refractivity contribution is -0.140. The van der Waals surface area contributed by atoms with E-state index in [0.29, 0.717) is 34.5 Å². The molecule has 0 amide bonds. The molecule has 2 heteroatoms. The van der Waals surface area contributed by atoms with E-state index in [9.17, 15) is 4.79 Å². The molecule has 0 bridgehead atoms. The highest BCUT2D eigenvalue weighted by atomic mass is 16.1. The summed E-state index contributed by atoms with van der Waals surface area (Å²) in [5.74, 6) is 3.57. The lowest BCUT2D eigenvalue weighted by Gasteiger charge is -2.61. The average Bonchev–Trinajstić information content (AvgIpc) is 2.80. The van der Waals surface area contributed by atoms with Gasteiger partial charge in [-0.1, -0.05) is 20.3 Å². The minimum absolute atomic E-state index is 0.347. The van der Waals surface area contributed by atoms with Gasteiger partial charge in [0.25, 0.3) is 0 Å². The number of carbonyl (C=O) groups is 1. The first kappa shape index (κ1) is 14.2. The monoisotopic (exact) mass is 289 g/mol. The van der Waals surface area contributed by atoms with Crippen molar-refractivity contribution in [2.45, 2.75) is 77.7 Å². The Morgan fingerprint density at radius 3 is 2.76 bits per heavy atom. The van der Waals surface area contributed by atoms with Gasteiger partial charge in [0, 0.05) is 18.9 Å². The molecule has 0 aromatic heterocycles. The SMILES string of the molecule is C[C@@]12CCC[C@H]1[C@@H]1CCC3CC(=O)CC[C@]3(C)[C@H]1[C@H](N)C2. The van der Waals surface area contributed by atoms with Gasteiger partial charge in [0.05, 0.1) is 0 Å². The highest BCUT2D eigenvalue weighted by Gasteiger charge is 2.60. The Labute approximate surface area is 129 Å². The third-order valence-corrected chi connectivity index (χ3v) is 8.26. The van der Waals surface area contributed by atoms with Crippen LogP contribution in [0.15, 0.2) is 0 Å². The van der Waals surface area contributed by atoms with Crippen LogP contribution in [0.4, 0.5) is 0 Å². The molecule has 4 aliphatic rings. The zero-order valence-electron chi connectivity index (χ0n) is 13.7. The summed E-state index contributed by atoms with van der Waals surface area (Å²) in [4.78, 5) is 11.9. The van der Waals surface area contributed by atoms with Crippen LogP contribution < -0.4 is 5.73 Å². The molecule has 0 heterocycles. The Bertz CT molecular complexity index is 460. The van der Waals surface area contributed by atoms with Gasteiger partial charge in [-0.05, 0) is 73.0 Å². The molecular formula is C19H31NO. The van der Waals surface area contributed by atoms with Gasteiger partial charge in [0.15, 0.2) is 0 Å². The largest absolute Gasteiger partial charge is 0.327 e. The van der Waals surface area contributed by atoms with Crippen molar-refractivity contribution in [1.82, 2.24) is 0 Å². The second-order valence-electron chi connectivity index (χ2n) is 9.23. The number of nitrogens with two attached hydrogens (primary N) is 1. The fourth-order valence-corrected chi connectivity index (χ4v) is 7.32. The van der Waals surface area contributed by atoms with Crippen molar-refractivity contribution < 1.29 is 4.79 Å². The molecule has 0 aliphatic heterocycles. The minimum atomic E-state index is 0.347. The van der Waals surface area contributed by atoms with Crippen molar-refractivity contribution in [1.29, 1.82) is 0 Å². The summed E-state index contributed by atoms with van der Waals surface area (Å²) in [7, 11) is 0. The van der Waals surface area contributed by atoms with Crippen LogP contribution in [0.3, 0.4) is 0 Å². The fourth-order valence-electron chi connectivity index (χ4n) is 7.32. The van der Waals surface area contributed by atoms with E-state index in [1.807, 2.05) is 0 Å². The molecule has 4 saturated carbocycles. The van der Waals surface area contributed by atoms with Gasteiger partial charge in [-0.15, -0.1) is 0 Å². The third-order valence-electron chi connectivity index (χ3n) is 8.26. The Morgan fingerprint density at radius 1 is 1.14 bits per heavy atom. The number of hydrogen-bond acceptors (Lipinski definition) is 2. The minimum Gasteiger partial charge on any atom is -0.327 e. The predicted molar refractivity (Wildman–Crippen MR) is 84.7 cm³/mol. The first-order valence-corrected chi connectivity index (χ1v) is 9.21. The van der Waals surface area contributed by atoms with Crippen LogP contribution in [0.1, 0.15) is 71.6 Å². The topological polar surface area (TPSA) is 43.1 Å². The maximum atomic E-state index is 11.9. The lowest BCUT2D eigenvalue weighted by atomic mass is 9.44. The Morgan fingerprint density at radius 2 is 1.95 bits per heavy atom. The summed E-state index contributed by atoms with van der Waals surface area (Å²) in [6, 6.07) is 0.371. The van der Waals surface area contributed by atoms with Crippen LogP contribution in [-0.2, 0) is 4.79 Å². The zero-order valence-corrected chi connectivity index (χ0v) is 13.7. The van der Waals surface area contributed by atoms with Gasteiger partial charge in [-0.2, -0.15) is 0 Å². The normalized spacial score (nSPS) is 56.5. The van der Waals surface area contributed by atoms with Crippen LogP contribution in [-0.4, -0.2) is 11.8 Å². The molecular weight excluding hydrogens is 258 g/mol. The number of fused-ring (bicyclic) bond motifs is 5. The van der Waals surface area contributed by atoms with E-state index in [1.54, 1.807) is 0 Å². The summed E-state index contributed by atoms with van der Waals surface area (Å²) in [6.07, 6.45) is 10.9. The third kappa shape index (κ3) is 1.90. The number of rotatable bonds is 0. The fraction of sp³-hybridized carbons (Fsp3) is 0.947. The molecule has 4 aliphatic carbocycles. The number of hydrogen-bond donors (Lipinski definition) is 1. The van der Waals surface area contributed by atoms with Crippen LogP contribution in [0.2, 0.25) is 0 Å². The molecule has 1 unspecified atom stereocenters. The Hall–Kier alpha value is -0.370. The first-order chi connectivity index (χ1) is 9.94. The second kappa shape index (κ2) is 4.57. The predicted octanol–water partition coefficient (Wildman–Crippen LogP) is 3.93. The molecule has 4 rings (SSSR count). The van der Waals surface area contributed by atoms with Crippen molar-refractivity contribution in [3.05, 3.63) is 0 Å². The van der Waals surface area contributed by atoms with Crippen LogP contribution in [0, 0.1) is 34.5 Å². The second-order valence-corrected chi connectivity index (χ2v) is 9.23. The van der Waals surface area contributed by atoms with E-state index < -0.39 is 0 Å². The summed E-state index contributed by atoms with van der Waals surface area (Å²) in [6.45, 7) is 5.00. The molecule has 0 radical (unpaired) electrons. The molecule has 0 aromatic carbocycles. The van der Waals surface area contributed by atoms with Crippen LogP contribution in [0.5, 0.6) is 0 Å². The first-order valence-electron chi connectivity index (χ1n) is 9.21. The average molecular weight is 289 g/mol. The quantitative estimate of drug-likeness (QED) is 0.734. The van der Waals surface area contributed by atoms with Crippen LogP contribution >= 0.6 is 0 Å². The van der Waals surface area contributed by atoms with E-state index in [4.69, 9.17) is 5.73 Å². The van der Waals surface area contributed by atoms with E-state index in [0.717, 1.165) is 31.1 Å². The van der Waals surface area contributed by atoms with E-state index >= 15 is 0 Å². The maximum Gasteiger partial charge on any atom is 0.133 e. The molecule has 4 fully saturated rings. The summed E-state index contributed by atoms with van der Waals surface area (Å²) in [5.41, 5.74) is 7.64. The molecule has 118 valence electrons. The summed E-state index contributed by atoms with van der Waals surface area (Å²) in [5, 5.41) is 0. The Balaban J connectivity index is 1.69. The number of Topliss-reactive ketones (excluding diaryl/α,β-unsaturated/α-hetero) is 1. The zero-order chi connectivity index (χ0) is 14.8. The van der Waals surface area contributed by atoms with Crippen molar-refractivity contribution in [3.8, 4) is 0 Å². The van der Waals surface area contributed by atoms with Crippen molar-refractivity contribution >= 4 is 5.78 Å². The summed E-state index contributed by atoms with van der Waals surface area (Å²) >= 11 is 0. The lowest BCUT2D eigenvalue weighted by Crippen LogP contribution is -2.60. The van der Waals surface area contributed by atoms with E-state index in [1.165, 1.54) is 38.5 Å². The standard InChI is InChI=1S/C19H31NO/c1-18-8-3-4-15(18)14-6-5-12-10-13(21)7-9-19(12,2)17(14)16(20)11-18/h12,14-17H,3-11,20H2,1-2H3/t12?,14-,15-,16+,17+,18-,19-/m0/s1. The molecule has 7 atom stereocenters. The van der Waals surface area contributed by atoms with Gasteiger partial charge in [0.2, 0.25) is 0 Å². The highest BCUT2D eigenvalue weighted by molar-refractivity contribution is 5.79. The molecule has 2 N–H and O–H groups in total. The Kier molecular flexibility index (Phi) is 3.10. The number of carbonyl (C=O) groups excluding carboxylic acids is 1. The van der Waals surface area contributed by atoms with Crippen molar-refractivity contribution in [2.24, 2.45) is 40.2 Å². The van der Waals surface area contributed by atoms with Gasteiger partial charge < -0.3 is 5.73 Å². The summed E-state index contributed by atoms with van der Waals surface area (Å²) < 4.78 is 0. The van der Waals surface area contributed by atoms with Crippen molar-refractivity contribution in [2.75, 3.05) is 0 Å². The van der Waals surface area contributed by atoms with Gasteiger partial charge in [-0.25, -0.2) is 0 Å². The molecule has 0 spiro atoms. The van der Waals surface area contributed by atoms with Gasteiger partial charge in [0.1, 0.15) is 5.78 Å². The van der Waals surface area contributed by atoms with Crippen molar-refractivity contribution in [3.63, 3.8) is 0 Å². The number of ketones is 1.